The van der Waals surface area contributed by atoms with E-state index in [1.807, 2.05) is 0 Å². The maximum atomic E-state index is 17.2. The van der Waals surface area contributed by atoms with Crippen LogP contribution >= 0.6 is 0 Å². The Labute approximate surface area is 277 Å². The molecule has 4 aromatic rings. The molecular formula is C38H36F2N6O2. The molecule has 0 amide bonds. The molecule has 8 nitrogen and oxygen atoms in total. The average molecular weight is 647 g/mol. The van der Waals surface area contributed by atoms with E-state index < -0.39 is 11.6 Å². The third kappa shape index (κ3) is 4.76. The Morgan fingerprint density at radius 2 is 1.85 bits per heavy atom. The molecule has 48 heavy (non-hydrogen) atoms. The van der Waals surface area contributed by atoms with Gasteiger partial charge in [0.1, 0.15) is 28.7 Å². The van der Waals surface area contributed by atoms with Gasteiger partial charge in [-0.15, -0.1) is 6.42 Å². The van der Waals surface area contributed by atoms with E-state index in [2.05, 4.69) is 30.9 Å². The highest BCUT2D eigenvalue weighted by Crippen LogP contribution is 2.53. The lowest BCUT2D eigenvalue weighted by Gasteiger charge is -2.56. The summed E-state index contributed by atoms with van der Waals surface area (Å²) in [6.07, 6.45) is 14.0. The molecule has 3 saturated heterocycles. The first-order chi connectivity index (χ1) is 23.3. The summed E-state index contributed by atoms with van der Waals surface area (Å²) in [4.78, 5) is 18.0. The van der Waals surface area contributed by atoms with E-state index >= 15 is 4.39 Å². The van der Waals surface area contributed by atoms with Crippen LogP contribution in [0.15, 0.2) is 30.3 Å². The summed E-state index contributed by atoms with van der Waals surface area (Å²) in [5.74, 6) is 1.36. The highest BCUT2D eigenvalue weighted by molar-refractivity contribution is 6.07. The molecule has 3 aromatic carbocycles. The fourth-order valence-corrected chi connectivity index (χ4v) is 8.78. The van der Waals surface area contributed by atoms with E-state index in [0.717, 1.165) is 32.2 Å². The number of aromatic nitrogens is 2. The Balaban J connectivity index is 1.15. The number of hydrogen-bond acceptors (Lipinski definition) is 7. The zero-order valence-corrected chi connectivity index (χ0v) is 26.7. The molecule has 2 N–H and O–H groups in total. The minimum Gasteiger partial charge on any atom is -0.508 e. The van der Waals surface area contributed by atoms with Crippen molar-refractivity contribution < 1.29 is 18.6 Å². The number of phenols is 1. The second kappa shape index (κ2) is 10.7. The molecule has 4 heterocycles. The van der Waals surface area contributed by atoms with Gasteiger partial charge in [0.15, 0.2) is 5.69 Å². The Morgan fingerprint density at radius 3 is 2.52 bits per heavy atom. The molecular weight excluding hydrogens is 610 g/mol. The maximum Gasteiger partial charge on any atom is 0.319 e. The van der Waals surface area contributed by atoms with E-state index in [0.29, 0.717) is 53.8 Å². The van der Waals surface area contributed by atoms with Gasteiger partial charge in [-0.05, 0) is 79.2 Å². The number of piperazine rings is 1. The fourth-order valence-electron chi connectivity index (χ4n) is 8.78. The number of nitrogens with one attached hydrogen (secondary N) is 1. The largest absolute Gasteiger partial charge is 0.508 e. The van der Waals surface area contributed by atoms with Crippen LogP contribution in [-0.4, -0.2) is 71.4 Å². The summed E-state index contributed by atoms with van der Waals surface area (Å²) < 4.78 is 38.5. The van der Waals surface area contributed by atoms with E-state index in [4.69, 9.17) is 22.7 Å². The Morgan fingerprint density at radius 1 is 1.08 bits per heavy atom. The van der Waals surface area contributed by atoms with Gasteiger partial charge >= 0.3 is 6.01 Å². The van der Waals surface area contributed by atoms with Crippen LogP contribution < -0.4 is 15.0 Å². The Hall–Kier alpha value is -4.51. The molecule has 5 fully saturated rings. The van der Waals surface area contributed by atoms with Gasteiger partial charge < -0.3 is 25.0 Å². The molecule has 0 radical (unpaired) electrons. The van der Waals surface area contributed by atoms with Gasteiger partial charge in [0, 0.05) is 66.6 Å². The van der Waals surface area contributed by atoms with Crippen molar-refractivity contribution in [2.45, 2.75) is 57.0 Å². The number of halogens is 2. The van der Waals surface area contributed by atoms with Crippen LogP contribution in [0.3, 0.4) is 0 Å². The van der Waals surface area contributed by atoms with Crippen LogP contribution in [-0.2, 0) is 0 Å². The van der Waals surface area contributed by atoms with Gasteiger partial charge in [-0.3, -0.25) is 0 Å². The summed E-state index contributed by atoms with van der Waals surface area (Å²) in [7, 11) is 0. The molecule has 244 valence electrons. The van der Waals surface area contributed by atoms with Gasteiger partial charge in [-0.25, -0.2) is 13.6 Å². The Kier molecular flexibility index (Phi) is 6.63. The zero-order valence-electron chi connectivity index (χ0n) is 26.7. The molecule has 2 saturated carbocycles. The zero-order chi connectivity index (χ0) is 32.8. The van der Waals surface area contributed by atoms with Crippen molar-refractivity contribution >= 4 is 33.2 Å². The standard InChI is InChI=1S/C38H36F2N6O2/c1-3-26-29(39)8-5-22-13-25(47)14-27(31(22)26)32-30(41-2)15-28-34(33(32)40)43-36(44-35(28)46-16-23-6-7-24(17-46)42-23)48-21-38(11-12-38)20-45-18-37(19-45)9-4-10-37/h1,5,8,13-15,23-24,42,47H,4,6-7,9-12,16-21H2. The lowest BCUT2D eigenvalue weighted by atomic mass is 9.63. The van der Waals surface area contributed by atoms with Crippen molar-refractivity contribution in [2.24, 2.45) is 10.8 Å². The summed E-state index contributed by atoms with van der Waals surface area (Å²) >= 11 is 0. The normalized spacial score (nSPS) is 23.5. The third-order valence-electron chi connectivity index (χ3n) is 11.5. The number of terminal acetylenes is 1. The molecule has 2 aliphatic carbocycles. The number of nitrogens with zero attached hydrogens (tertiary/aromatic N) is 5. The predicted molar refractivity (Wildman–Crippen MR) is 180 cm³/mol. The number of benzene rings is 3. The molecule has 5 aliphatic rings. The number of aromatic hydroxyl groups is 1. The van der Waals surface area contributed by atoms with Crippen LogP contribution in [0.25, 0.3) is 37.6 Å². The van der Waals surface area contributed by atoms with E-state index in [-0.39, 0.29) is 50.5 Å². The number of rotatable bonds is 7. The second-order valence-electron chi connectivity index (χ2n) is 14.9. The number of anilines is 1. The van der Waals surface area contributed by atoms with Crippen molar-refractivity contribution in [1.82, 2.24) is 20.2 Å². The first-order valence-corrected chi connectivity index (χ1v) is 17.0. The SMILES string of the molecule is [C-]#[N+]c1cc2c(N3CC4CCC(C3)N4)nc(OCC3(CN4CC5(CCC5)C4)CC3)nc2c(F)c1-c1cc(O)cc2ccc(F)c(C#C)c12. The van der Waals surface area contributed by atoms with Gasteiger partial charge in [-0.2, -0.15) is 9.97 Å². The minimum absolute atomic E-state index is 0.00790. The van der Waals surface area contributed by atoms with Crippen molar-refractivity contribution in [3.8, 4) is 35.2 Å². The molecule has 1 aromatic heterocycles. The highest BCUT2D eigenvalue weighted by atomic mass is 19.1. The smallest absolute Gasteiger partial charge is 0.319 e. The lowest BCUT2D eigenvalue weighted by molar-refractivity contribution is -0.0716. The second-order valence-corrected chi connectivity index (χ2v) is 14.9. The van der Waals surface area contributed by atoms with E-state index in [1.165, 1.54) is 56.6 Å². The van der Waals surface area contributed by atoms with Gasteiger partial charge in [-0.1, -0.05) is 18.4 Å². The Bertz CT molecular complexity index is 2080. The molecule has 9 rings (SSSR count). The average Bonchev–Trinajstić information content (AvgIpc) is 3.74. The van der Waals surface area contributed by atoms with Crippen molar-refractivity contribution in [3.63, 3.8) is 0 Å². The number of likely N-dealkylation sites (tertiary alicyclic amines) is 1. The van der Waals surface area contributed by atoms with Crippen molar-refractivity contribution in [1.29, 1.82) is 0 Å². The quantitative estimate of drug-likeness (QED) is 0.174. The van der Waals surface area contributed by atoms with Gasteiger partial charge in [0.05, 0.1) is 18.7 Å². The van der Waals surface area contributed by atoms with Crippen molar-refractivity contribution in [3.05, 3.63) is 58.9 Å². The van der Waals surface area contributed by atoms with Crippen LogP contribution in [0.5, 0.6) is 11.8 Å². The maximum absolute atomic E-state index is 17.2. The van der Waals surface area contributed by atoms with E-state index in [9.17, 15) is 9.50 Å². The topological polar surface area (TPSA) is 78.1 Å². The van der Waals surface area contributed by atoms with Gasteiger partial charge in [0.25, 0.3) is 0 Å². The monoisotopic (exact) mass is 646 g/mol. The lowest BCUT2D eigenvalue weighted by Crippen LogP contribution is -2.60. The molecule has 10 heteroatoms. The van der Waals surface area contributed by atoms with Crippen LogP contribution in [0.1, 0.15) is 50.5 Å². The van der Waals surface area contributed by atoms with Crippen LogP contribution in [0, 0.1) is 41.4 Å². The molecule has 3 aliphatic heterocycles. The minimum atomic E-state index is -0.767. The molecule has 2 bridgehead atoms. The number of ether oxygens (including phenoxy) is 1. The van der Waals surface area contributed by atoms with Gasteiger partial charge in [0.2, 0.25) is 0 Å². The van der Waals surface area contributed by atoms with Crippen molar-refractivity contribution in [2.75, 3.05) is 44.2 Å². The summed E-state index contributed by atoms with van der Waals surface area (Å²) in [5, 5.41) is 15.4. The summed E-state index contributed by atoms with van der Waals surface area (Å²) in [6, 6.07) is 7.78. The summed E-state index contributed by atoms with van der Waals surface area (Å²) in [6.45, 7) is 13.3. The molecule has 1 spiro atoms. The number of fused-ring (bicyclic) bond motifs is 4. The highest BCUT2D eigenvalue weighted by Gasteiger charge is 2.52. The number of hydrogen-bond donors (Lipinski definition) is 2. The first-order valence-electron chi connectivity index (χ1n) is 17.0. The molecule has 2 unspecified atom stereocenters. The first kappa shape index (κ1) is 29.6. The third-order valence-corrected chi connectivity index (χ3v) is 11.5. The van der Waals surface area contributed by atoms with Crippen LogP contribution in [0.4, 0.5) is 20.3 Å². The molecule has 2 atom stereocenters. The van der Waals surface area contributed by atoms with Crippen LogP contribution in [0.2, 0.25) is 0 Å². The number of phenolic OH excluding ortho intramolecular Hbond substituents is 1. The predicted octanol–water partition coefficient (Wildman–Crippen LogP) is 6.55. The fraction of sp³-hybridized carbons (Fsp3) is 0.447. The van der Waals surface area contributed by atoms with E-state index in [1.54, 1.807) is 6.07 Å². The summed E-state index contributed by atoms with van der Waals surface area (Å²) in [5.41, 5.74) is 0.569.